The molecule has 122 valence electrons. The van der Waals surface area contributed by atoms with E-state index >= 15 is 0 Å². The van der Waals surface area contributed by atoms with Gasteiger partial charge in [0.1, 0.15) is 0 Å². The monoisotopic (exact) mass is 303 g/mol. The Morgan fingerprint density at radius 2 is 1.91 bits per heavy atom. The minimum absolute atomic E-state index is 0.116. The summed E-state index contributed by atoms with van der Waals surface area (Å²) in [4.78, 5) is 16.8. The van der Waals surface area contributed by atoms with Crippen LogP contribution in [-0.2, 0) is 4.79 Å². The van der Waals surface area contributed by atoms with Gasteiger partial charge in [0.25, 0.3) is 0 Å². The Kier molecular flexibility index (Phi) is 6.25. The number of carbonyl (C=O) groups excluding carboxylic acids is 1. The van der Waals surface area contributed by atoms with Crippen molar-refractivity contribution in [2.24, 2.45) is 0 Å². The van der Waals surface area contributed by atoms with Crippen molar-refractivity contribution in [1.29, 1.82) is 0 Å². The average Bonchev–Trinajstić information content (AvgIpc) is 3.02. The number of aryl methyl sites for hydroxylation is 1. The van der Waals surface area contributed by atoms with E-state index in [2.05, 4.69) is 48.0 Å². The summed E-state index contributed by atoms with van der Waals surface area (Å²) in [6, 6.07) is 6.27. The maximum Gasteiger partial charge on any atom is 0.225 e. The Bertz CT molecular complexity index is 491. The molecule has 1 fully saturated rings. The second-order valence-electron chi connectivity index (χ2n) is 6.02. The van der Waals surface area contributed by atoms with E-state index in [-0.39, 0.29) is 5.91 Å². The van der Waals surface area contributed by atoms with E-state index in [1.807, 2.05) is 6.07 Å². The van der Waals surface area contributed by atoms with E-state index in [0.29, 0.717) is 6.42 Å². The summed E-state index contributed by atoms with van der Waals surface area (Å²) < 4.78 is 0. The average molecular weight is 303 g/mol. The smallest absolute Gasteiger partial charge is 0.225 e. The first kappa shape index (κ1) is 16.8. The first-order valence-corrected chi connectivity index (χ1v) is 8.51. The normalized spacial score (nSPS) is 15.0. The number of rotatable bonds is 7. The summed E-state index contributed by atoms with van der Waals surface area (Å²) in [6.45, 7) is 11.5. The zero-order valence-electron chi connectivity index (χ0n) is 14.2. The number of nitrogens with one attached hydrogen (secondary N) is 1. The third-order valence-electron chi connectivity index (χ3n) is 4.47. The van der Waals surface area contributed by atoms with Gasteiger partial charge in [-0.25, -0.2) is 0 Å². The predicted molar refractivity (Wildman–Crippen MR) is 93.7 cm³/mol. The van der Waals surface area contributed by atoms with Crippen LogP contribution in [0, 0.1) is 6.92 Å². The van der Waals surface area contributed by atoms with Crippen LogP contribution in [0.15, 0.2) is 18.2 Å². The first-order chi connectivity index (χ1) is 10.6. The second-order valence-corrected chi connectivity index (χ2v) is 6.02. The fourth-order valence-electron chi connectivity index (χ4n) is 3.05. The van der Waals surface area contributed by atoms with E-state index in [4.69, 9.17) is 0 Å². The number of anilines is 2. The Morgan fingerprint density at radius 1 is 1.23 bits per heavy atom. The van der Waals surface area contributed by atoms with Gasteiger partial charge in [-0.2, -0.15) is 0 Å². The molecule has 0 bridgehead atoms. The van der Waals surface area contributed by atoms with Gasteiger partial charge in [-0.1, -0.05) is 0 Å². The summed E-state index contributed by atoms with van der Waals surface area (Å²) in [5, 5.41) is 3.05. The minimum Gasteiger partial charge on any atom is -0.372 e. The molecular formula is C18H29N3O. The number of hydrogen-bond donors (Lipinski definition) is 1. The first-order valence-electron chi connectivity index (χ1n) is 8.51. The van der Waals surface area contributed by atoms with Crippen molar-refractivity contribution < 1.29 is 4.79 Å². The largest absolute Gasteiger partial charge is 0.372 e. The van der Waals surface area contributed by atoms with Crippen LogP contribution in [0.5, 0.6) is 0 Å². The highest BCUT2D eigenvalue weighted by atomic mass is 16.1. The topological polar surface area (TPSA) is 35.6 Å². The van der Waals surface area contributed by atoms with Gasteiger partial charge in [0.05, 0.1) is 0 Å². The van der Waals surface area contributed by atoms with Crippen LogP contribution in [0.3, 0.4) is 0 Å². The van der Waals surface area contributed by atoms with E-state index in [1.165, 1.54) is 18.5 Å². The van der Waals surface area contributed by atoms with Crippen molar-refractivity contribution in [3.8, 4) is 0 Å². The lowest BCUT2D eigenvalue weighted by molar-refractivity contribution is -0.116. The molecule has 22 heavy (non-hydrogen) atoms. The molecule has 1 N–H and O–H groups in total. The van der Waals surface area contributed by atoms with Crippen LogP contribution in [0.1, 0.15) is 38.7 Å². The summed E-state index contributed by atoms with van der Waals surface area (Å²) in [5.41, 5.74) is 3.28. The number of benzene rings is 1. The molecular weight excluding hydrogens is 274 g/mol. The van der Waals surface area contributed by atoms with Gasteiger partial charge >= 0.3 is 0 Å². The molecule has 1 amide bonds. The Hall–Kier alpha value is -1.55. The van der Waals surface area contributed by atoms with Crippen LogP contribution < -0.4 is 10.2 Å². The van der Waals surface area contributed by atoms with Crippen LogP contribution >= 0.6 is 0 Å². The molecule has 1 heterocycles. The van der Waals surface area contributed by atoms with Crippen LogP contribution in [-0.4, -0.2) is 43.5 Å². The van der Waals surface area contributed by atoms with Gasteiger partial charge in [-0.15, -0.1) is 0 Å². The Balaban J connectivity index is 1.90. The summed E-state index contributed by atoms with van der Waals surface area (Å²) in [6.07, 6.45) is 3.12. The lowest BCUT2D eigenvalue weighted by atomic mass is 10.1. The van der Waals surface area contributed by atoms with Gasteiger partial charge in [-0.05, 0) is 70.5 Å². The van der Waals surface area contributed by atoms with Gasteiger partial charge in [0.2, 0.25) is 5.91 Å². The fraction of sp³-hybridized carbons (Fsp3) is 0.611. The molecule has 0 saturated carbocycles. The highest BCUT2D eigenvalue weighted by Gasteiger charge is 2.13. The van der Waals surface area contributed by atoms with Crippen molar-refractivity contribution in [3.63, 3.8) is 0 Å². The summed E-state index contributed by atoms with van der Waals surface area (Å²) in [7, 11) is 0. The fourth-order valence-corrected chi connectivity index (χ4v) is 3.05. The molecule has 1 saturated heterocycles. The molecule has 0 radical (unpaired) electrons. The third-order valence-corrected chi connectivity index (χ3v) is 4.47. The van der Waals surface area contributed by atoms with E-state index in [9.17, 15) is 4.79 Å². The molecule has 1 aromatic carbocycles. The zero-order valence-corrected chi connectivity index (χ0v) is 14.2. The van der Waals surface area contributed by atoms with Gasteiger partial charge in [0, 0.05) is 37.4 Å². The number of nitrogens with zero attached hydrogens (tertiary/aromatic N) is 2. The molecule has 2 rings (SSSR count). The number of hydrogen-bond acceptors (Lipinski definition) is 3. The lowest BCUT2D eigenvalue weighted by Gasteiger charge is -2.22. The molecule has 0 unspecified atom stereocenters. The predicted octanol–water partition coefficient (Wildman–Crippen LogP) is 3.27. The maximum absolute atomic E-state index is 12.1. The molecule has 0 spiro atoms. The molecule has 0 atom stereocenters. The summed E-state index contributed by atoms with van der Waals surface area (Å²) >= 11 is 0. The number of carbonyl (C=O) groups is 1. The standard InChI is InChI=1S/C18H29N3O/c1-4-21(5-2)16-8-9-17(15(3)14-16)19-18(22)10-13-20-11-6-7-12-20/h8-9,14H,4-7,10-13H2,1-3H3,(H,19,22). The van der Waals surface area contributed by atoms with Gasteiger partial charge < -0.3 is 15.1 Å². The summed E-state index contributed by atoms with van der Waals surface area (Å²) in [5.74, 6) is 0.116. The lowest BCUT2D eigenvalue weighted by Crippen LogP contribution is -2.25. The number of amides is 1. The zero-order chi connectivity index (χ0) is 15.9. The van der Waals surface area contributed by atoms with Gasteiger partial charge in [-0.3, -0.25) is 4.79 Å². The maximum atomic E-state index is 12.1. The van der Waals surface area contributed by atoms with Crippen molar-refractivity contribution in [3.05, 3.63) is 23.8 Å². The molecule has 1 aliphatic rings. The van der Waals surface area contributed by atoms with Crippen LogP contribution in [0.25, 0.3) is 0 Å². The Labute approximate surface area is 134 Å². The van der Waals surface area contributed by atoms with Crippen molar-refractivity contribution in [2.75, 3.05) is 42.9 Å². The quantitative estimate of drug-likeness (QED) is 0.840. The third kappa shape index (κ3) is 4.47. The van der Waals surface area contributed by atoms with E-state index in [0.717, 1.165) is 44.0 Å². The minimum atomic E-state index is 0.116. The Morgan fingerprint density at radius 3 is 2.50 bits per heavy atom. The molecule has 1 aliphatic heterocycles. The number of likely N-dealkylation sites (tertiary alicyclic amines) is 1. The molecule has 0 aromatic heterocycles. The highest BCUT2D eigenvalue weighted by molar-refractivity contribution is 5.91. The molecule has 4 nitrogen and oxygen atoms in total. The second kappa shape index (κ2) is 8.18. The van der Waals surface area contributed by atoms with Gasteiger partial charge in [0.15, 0.2) is 0 Å². The SMILES string of the molecule is CCN(CC)c1ccc(NC(=O)CCN2CCCC2)c(C)c1. The molecule has 4 heteroatoms. The molecule has 0 aliphatic carbocycles. The van der Waals surface area contributed by atoms with Crippen LogP contribution in [0.2, 0.25) is 0 Å². The van der Waals surface area contributed by atoms with E-state index < -0.39 is 0 Å². The molecule has 1 aromatic rings. The van der Waals surface area contributed by atoms with Crippen molar-refractivity contribution in [2.45, 2.75) is 40.0 Å². The highest BCUT2D eigenvalue weighted by Crippen LogP contribution is 2.22. The van der Waals surface area contributed by atoms with E-state index in [1.54, 1.807) is 0 Å². The van der Waals surface area contributed by atoms with Crippen LogP contribution in [0.4, 0.5) is 11.4 Å². The van der Waals surface area contributed by atoms with Crippen molar-refractivity contribution >= 4 is 17.3 Å². The van der Waals surface area contributed by atoms with Crippen molar-refractivity contribution in [1.82, 2.24) is 4.90 Å².